The lowest BCUT2D eigenvalue weighted by molar-refractivity contribution is -0.121. The Hall–Kier alpha value is -0.620. The summed E-state index contributed by atoms with van der Waals surface area (Å²) in [5.41, 5.74) is 0. The third kappa shape index (κ3) is 6.38. The van der Waals surface area contributed by atoms with Crippen molar-refractivity contribution in [3.63, 3.8) is 0 Å². The van der Waals surface area contributed by atoms with Crippen molar-refractivity contribution in [2.45, 2.75) is 46.0 Å². The summed E-state index contributed by atoms with van der Waals surface area (Å²) in [7, 11) is -3.21. The van der Waals surface area contributed by atoms with Crippen LogP contribution in [0.25, 0.3) is 0 Å². The molecule has 1 aliphatic rings. The molecule has 1 aliphatic heterocycles. The Kier molecular flexibility index (Phi) is 6.79. The van der Waals surface area contributed by atoms with Crippen LogP contribution in [0.1, 0.15) is 46.0 Å². The van der Waals surface area contributed by atoms with Crippen LogP contribution >= 0.6 is 0 Å². The molecule has 1 amide bonds. The summed E-state index contributed by atoms with van der Waals surface area (Å²) in [5.74, 6) is 0.236. The lowest BCUT2D eigenvalue weighted by Crippen LogP contribution is -2.38. The normalized spacial score (nSPS) is 18.3. The minimum atomic E-state index is -3.21. The Morgan fingerprint density at radius 1 is 1.16 bits per heavy atom. The Morgan fingerprint density at radius 2 is 1.74 bits per heavy atom. The van der Waals surface area contributed by atoms with Gasteiger partial charge >= 0.3 is 0 Å². The predicted octanol–water partition coefficient (Wildman–Crippen LogP) is 1.35. The molecule has 1 saturated heterocycles. The predicted molar refractivity (Wildman–Crippen MR) is 76.3 cm³/mol. The van der Waals surface area contributed by atoms with Crippen molar-refractivity contribution in [2.24, 2.45) is 5.92 Å². The summed E-state index contributed by atoms with van der Waals surface area (Å²) in [4.78, 5) is 11.5. The van der Waals surface area contributed by atoms with Gasteiger partial charge in [0.05, 0.1) is 5.75 Å². The van der Waals surface area contributed by atoms with Gasteiger partial charge in [0.2, 0.25) is 15.9 Å². The van der Waals surface area contributed by atoms with Crippen LogP contribution in [0.3, 0.4) is 0 Å². The highest BCUT2D eigenvalue weighted by molar-refractivity contribution is 7.89. The average molecular weight is 290 g/mol. The van der Waals surface area contributed by atoms with E-state index < -0.39 is 10.0 Å². The highest BCUT2D eigenvalue weighted by atomic mass is 32.2. The molecule has 0 aromatic rings. The van der Waals surface area contributed by atoms with Crippen LogP contribution in [0.2, 0.25) is 0 Å². The lowest BCUT2D eigenvalue weighted by atomic mass is 10.1. The number of rotatable bonds is 6. The van der Waals surface area contributed by atoms with E-state index in [4.69, 9.17) is 0 Å². The van der Waals surface area contributed by atoms with Gasteiger partial charge < -0.3 is 5.32 Å². The van der Waals surface area contributed by atoms with Crippen molar-refractivity contribution in [3.8, 4) is 0 Å². The largest absolute Gasteiger partial charge is 0.355 e. The van der Waals surface area contributed by atoms with Crippen molar-refractivity contribution in [3.05, 3.63) is 0 Å². The first-order valence-electron chi connectivity index (χ1n) is 7.16. The van der Waals surface area contributed by atoms with Crippen LogP contribution in [-0.2, 0) is 14.8 Å². The summed E-state index contributed by atoms with van der Waals surface area (Å²) in [6, 6.07) is 0. The fourth-order valence-electron chi connectivity index (χ4n) is 2.21. The molecule has 0 atom stereocenters. The molecular weight excluding hydrogens is 264 g/mol. The van der Waals surface area contributed by atoms with E-state index in [0.29, 0.717) is 25.4 Å². The average Bonchev–Trinajstić information content (AvgIpc) is 2.56. The number of carbonyl (C=O) groups excluding carboxylic acids is 1. The van der Waals surface area contributed by atoms with Crippen molar-refractivity contribution in [1.29, 1.82) is 0 Å². The maximum absolute atomic E-state index is 12.1. The first-order valence-corrected chi connectivity index (χ1v) is 8.77. The van der Waals surface area contributed by atoms with Gasteiger partial charge in [0.25, 0.3) is 0 Å². The van der Waals surface area contributed by atoms with Crippen LogP contribution in [0.15, 0.2) is 0 Å². The molecule has 1 heterocycles. The smallest absolute Gasteiger partial charge is 0.220 e. The van der Waals surface area contributed by atoms with Crippen LogP contribution < -0.4 is 5.32 Å². The topological polar surface area (TPSA) is 66.5 Å². The lowest BCUT2D eigenvalue weighted by Gasteiger charge is -2.20. The highest BCUT2D eigenvalue weighted by Gasteiger charge is 2.22. The molecule has 6 heteroatoms. The summed E-state index contributed by atoms with van der Waals surface area (Å²) in [6.07, 6.45) is 4.55. The summed E-state index contributed by atoms with van der Waals surface area (Å²) < 4.78 is 25.8. The van der Waals surface area contributed by atoms with Gasteiger partial charge in [0, 0.05) is 26.1 Å². The number of carbonyl (C=O) groups is 1. The van der Waals surface area contributed by atoms with Crippen LogP contribution in [0.5, 0.6) is 0 Å². The third-order valence-corrected chi connectivity index (χ3v) is 5.11. The molecule has 0 aromatic carbocycles. The minimum absolute atomic E-state index is 0.0107. The Labute approximate surface area is 116 Å². The van der Waals surface area contributed by atoms with Gasteiger partial charge in [-0.05, 0) is 18.8 Å². The molecule has 0 bridgehead atoms. The van der Waals surface area contributed by atoms with Crippen LogP contribution in [0.4, 0.5) is 0 Å². The fourth-order valence-corrected chi connectivity index (χ4v) is 3.64. The molecule has 112 valence electrons. The standard InChI is InChI=1S/C13H26N2O3S/c1-12(2)11-13(16)14-7-10-19(17,18)15-8-5-3-4-6-9-15/h12H,3-11H2,1-2H3,(H,14,16). The molecule has 1 N–H and O–H groups in total. The number of amides is 1. The zero-order chi connectivity index (χ0) is 14.3. The Morgan fingerprint density at radius 3 is 2.26 bits per heavy atom. The quantitative estimate of drug-likeness (QED) is 0.803. The molecule has 5 nitrogen and oxygen atoms in total. The molecular formula is C13H26N2O3S. The number of hydrogen-bond donors (Lipinski definition) is 1. The van der Waals surface area contributed by atoms with Crippen LogP contribution in [-0.4, -0.2) is 44.0 Å². The number of hydrogen-bond acceptors (Lipinski definition) is 3. The monoisotopic (exact) mass is 290 g/mol. The van der Waals surface area contributed by atoms with Crippen molar-refractivity contribution >= 4 is 15.9 Å². The second kappa shape index (κ2) is 7.85. The van der Waals surface area contributed by atoms with E-state index in [2.05, 4.69) is 5.32 Å². The van der Waals surface area contributed by atoms with E-state index in [1.165, 1.54) is 0 Å². The Balaban J connectivity index is 2.35. The first-order chi connectivity index (χ1) is 8.92. The van der Waals surface area contributed by atoms with Gasteiger partial charge in [0.1, 0.15) is 0 Å². The molecule has 1 fully saturated rings. The molecule has 19 heavy (non-hydrogen) atoms. The maximum atomic E-state index is 12.1. The van der Waals surface area contributed by atoms with E-state index in [9.17, 15) is 13.2 Å². The zero-order valence-electron chi connectivity index (χ0n) is 12.0. The van der Waals surface area contributed by atoms with Gasteiger partial charge in [-0.15, -0.1) is 0 Å². The molecule has 0 aromatic heterocycles. The van der Waals surface area contributed by atoms with E-state index in [1.807, 2.05) is 13.8 Å². The van der Waals surface area contributed by atoms with Gasteiger partial charge in [-0.1, -0.05) is 26.7 Å². The molecule has 0 radical (unpaired) electrons. The minimum Gasteiger partial charge on any atom is -0.355 e. The van der Waals surface area contributed by atoms with E-state index >= 15 is 0 Å². The van der Waals surface area contributed by atoms with Crippen molar-refractivity contribution in [1.82, 2.24) is 9.62 Å². The van der Waals surface area contributed by atoms with Crippen molar-refractivity contribution < 1.29 is 13.2 Å². The highest BCUT2D eigenvalue weighted by Crippen LogP contribution is 2.13. The Bertz CT molecular complexity index is 371. The third-order valence-electron chi connectivity index (χ3n) is 3.23. The molecule has 0 unspecified atom stereocenters. The molecule has 0 aliphatic carbocycles. The second-order valence-corrected chi connectivity index (χ2v) is 7.67. The first kappa shape index (κ1) is 16.4. The second-order valence-electron chi connectivity index (χ2n) is 5.58. The number of nitrogens with zero attached hydrogens (tertiary/aromatic N) is 1. The summed E-state index contributed by atoms with van der Waals surface area (Å²) in [6.45, 7) is 5.40. The summed E-state index contributed by atoms with van der Waals surface area (Å²) >= 11 is 0. The van der Waals surface area contributed by atoms with Gasteiger partial charge in [-0.25, -0.2) is 12.7 Å². The zero-order valence-corrected chi connectivity index (χ0v) is 12.8. The van der Waals surface area contributed by atoms with Gasteiger partial charge in [-0.3, -0.25) is 4.79 Å². The SMILES string of the molecule is CC(C)CC(=O)NCCS(=O)(=O)N1CCCCCC1. The van der Waals surface area contributed by atoms with E-state index in [1.54, 1.807) is 4.31 Å². The van der Waals surface area contributed by atoms with E-state index in [0.717, 1.165) is 25.7 Å². The van der Waals surface area contributed by atoms with E-state index in [-0.39, 0.29) is 18.2 Å². The van der Waals surface area contributed by atoms with Gasteiger partial charge in [0.15, 0.2) is 0 Å². The maximum Gasteiger partial charge on any atom is 0.220 e. The van der Waals surface area contributed by atoms with Gasteiger partial charge in [-0.2, -0.15) is 0 Å². The number of nitrogens with one attached hydrogen (secondary N) is 1. The number of sulfonamides is 1. The molecule has 1 rings (SSSR count). The molecule has 0 saturated carbocycles. The van der Waals surface area contributed by atoms with Crippen LogP contribution in [0, 0.1) is 5.92 Å². The fraction of sp³-hybridized carbons (Fsp3) is 0.923. The van der Waals surface area contributed by atoms with Crippen molar-refractivity contribution in [2.75, 3.05) is 25.4 Å². The molecule has 0 spiro atoms. The summed E-state index contributed by atoms with van der Waals surface area (Å²) in [5, 5.41) is 2.68.